The topological polar surface area (TPSA) is 52.7 Å². The van der Waals surface area contributed by atoms with Gasteiger partial charge in [-0.3, -0.25) is 9.59 Å². The summed E-state index contributed by atoms with van der Waals surface area (Å²) in [6.07, 6.45) is 0.723. The molecule has 5 nitrogen and oxygen atoms in total. The lowest BCUT2D eigenvalue weighted by Gasteiger charge is -2.35. The van der Waals surface area contributed by atoms with Crippen molar-refractivity contribution in [2.24, 2.45) is 5.92 Å². The Morgan fingerprint density at radius 3 is 2.42 bits per heavy atom. The summed E-state index contributed by atoms with van der Waals surface area (Å²) in [6, 6.07) is 9.92. The predicted molar refractivity (Wildman–Crippen MR) is 135 cm³/mol. The molecule has 1 atom stereocenters. The van der Waals surface area contributed by atoms with Gasteiger partial charge in [0.1, 0.15) is 6.04 Å². The van der Waals surface area contributed by atoms with Gasteiger partial charge in [-0.1, -0.05) is 30.7 Å². The van der Waals surface area contributed by atoms with Crippen molar-refractivity contribution in [2.75, 3.05) is 23.3 Å². The average Bonchev–Trinajstić information content (AvgIpc) is 3.69. The smallest absolute Gasteiger partial charge is 0.366 e. The van der Waals surface area contributed by atoms with Gasteiger partial charge in [0.25, 0.3) is 0 Å². The maximum absolute atomic E-state index is 13.1. The molecule has 1 aliphatic heterocycles. The first-order chi connectivity index (χ1) is 17.2. The summed E-state index contributed by atoms with van der Waals surface area (Å²) in [5.41, 5.74) is 1.34. The van der Waals surface area contributed by atoms with E-state index in [9.17, 15) is 22.8 Å². The molecule has 0 spiro atoms. The minimum absolute atomic E-state index is 0.0707. The molecule has 2 aromatic rings. The number of halogens is 4. The van der Waals surface area contributed by atoms with E-state index in [1.165, 1.54) is 12.1 Å². The minimum atomic E-state index is -4.37. The molecule has 1 saturated carbocycles. The summed E-state index contributed by atoms with van der Waals surface area (Å²) in [5, 5.41) is 3.36. The molecule has 2 aliphatic rings. The Kier molecular flexibility index (Phi) is 8.13. The second-order valence-electron chi connectivity index (χ2n) is 9.59. The summed E-state index contributed by atoms with van der Waals surface area (Å²) in [5.74, 6) is -0.0502. The second-order valence-corrected chi connectivity index (χ2v) is 10.00. The highest BCUT2D eigenvalue weighted by atomic mass is 35.5. The summed E-state index contributed by atoms with van der Waals surface area (Å²) in [6.45, 7) is 3.69. The van der Waals surface area contributed by atoms with Crippen LogP contribution in [0.5, 0.6) is 0 Å². The number of amides is 2. The number of likely N-dealkylation sites (tertiary alicyclic amines) is 1. The number of hydrogen-bond acceptors (Lipinski definition) is 3. The van der Waals surface area contributed by atoms with E-state index in [-0.39, 0.29) is 17.7 Å². The van der Waals surface area contributed by atoms with Crippen molar-refractivity contribution in [3.05, 3.63) is 58.6 Å². The van der Waals surface area contributed by atoms with Crippen molar-refractivity contribution in [3.63, 3.8) is 0 Å². The number of carbonyl (C=O) groups excluding carboxylic acids is 2. The van der Waals surface area contributed by atoms with E-state index < -0.39 is 17.8 Å². The maximum atomic E-state index is 13.1. The largest absolute Gasteiger partial charge is 0.416 e. The summed E-state index contributed by atoms with van der Waals surface area (Å²) in [7, 11) is 0. The molecule has 4 rings (SSSR count). The van der Waals surface area contributed by atoms with Gasteiger partial charge in [0.2, 0.25) is 11.8 Å². The van der Waals surface area contributed by atoms with Crippen LogP contribution < -0.4 is 10.2 Å². The van der Waals surface area contributed by atoms with Crippen molar-refractivity contribution in [3.8, 4) is 0 Å². The van der Waals surface area contributed by atoms with Gasteiger partial charge in [-0.2, -0.15) is 13.2 Å². The number of alkyl halides is 3. The molecule has 0 bridgehead atoms. The quantitative estimate of drug-likeness (QED) is 0.431. The number of hydrogen-bond donors (Lipinski definition) is 1. The van der Waals surface area contributed by atoms with Crippen molar-refractivity contribution >= 4 is 34.8 Å². The number of nitrogens with zero attached hydrogens (tertiary/aromatic N) is 2. The molecule has 194 valence electrons. The summed E-state index contributed by atoms with van der Waals surface area (Å²) in [4.78, 5) is 29.4. The zero-order valence-corrected chi connectivity index (χ0v) is 21.0. The van der Waals surface area contributed by atoms with Gasteiger partial charge < -0.3 is 15.1 Å². The van der Waals surface area contributed by atoms with Crippen LogP contribution in [0.25, 0.3) is 0 Å². The van der Waals surface area contributed by atoms with Crippen molar-refractivity contribution in [1.29, 1.82) is 0 Å². The molecule has 0 aromatic heterocycles. The first-order valence-corrected chi connectivity index (χ1v) is 12.9. The minimum Gasteiger partial charge on any atom is -0.366 e. The molecule has 1 saturated heterocycles. The van der Waals surface area contributed by atoms with Gasteiger partial charge in [0.15, 0.2) is 0 Å². The lowest BCUT2D eigenvalue weighted by molar-refractivity contribution is -0.141. The van der Waals surface area contributed by atoms with Gasteiger partial charge in [-0.05, 0) is 74.4 Å². The van der Waals surface area contributed by atoms with E-state index in [1.807, 2.05) is 17.9 Å². The molecule has 0 radical (unpaired) electrons. The van der Waals surface area contributed by atoms with Crippen LogP contribution in [0.15, 0.2) is 42.5 Å². The average molecular weight is 522 g/mol. The normalized spacial score (nSPS) is 18.1. The Morgan fingerprint density at radius 2 is 1.81 bits per heavy atom. The third-order valence-corrected chi connectivity index (χ3v) is 7.02. The SMILES string of the molecule is CCCN(Cc1ccc(C(F)(F)F)cc1)c1ccc(NC(=O)[C@H]2CCCCN2C(=O)C2CC2)cc1Cl. The lowest BCUT2D eigenvalue weighted by Crippen LogP contribution is -2.50. The number of rotatable bonds is 8. The Morgan fingerprint density at radius 1 is 1.08 bits per heavy atom. The van der Waals surface area contributed by atoms with Crippen LogP contribution >= 0.6 is 11.6 Å². The van der Waals surface area contributed by atoms with E-state index in [0.29, 0.717) is 36.8 Å². The highest BCUT2D eigenvalue weighted by molar-refractivity contribution is 6.33. The number of benzene rings is 2. The van der Waals surface area contributed by atoms with Crippen LogP contribution in [0.4, 0.5) is 24.5 Å². The zero-order chi connectivity index (χ0) is 25.9. The Bertz CT molecular complexity index is 1090. The third-order valence-electron chi connectivity index (χ3n) is 6.72. The van der Waals surface area contributed by atoms with Gasteiger partial charge in [-0.15, -0.1) is 0 Å². The van der Waals surface area contributed by atoms with Gasteiger partial charge in [0.05, 0.1) is 16.3 Å². The van der Waals surface area contributed by atoms with Gasteiger partial charge in [0, 0.05) is 31.2 Å². The first-order valence-electron chi connectivity index (χ1n) is 12.5. The molecule has 1 N–H and O–H groups in total. The second kappa shape index (κ2) is 11.1. The number of carbonyl (C=O) groups is 2. The molecule has 2 fully saturated rings. The molecule has 36 heavy (non-hydrogen) atoms. The Labute approximate surface area is 214 Å². The Balaban J connectivity index is 1.45. The van der Waals surface area contributed by atoms with E-state index in [2.05, 4.69) is 5.32 Å². The van der Waals surface area contributed by atoms with Crippen LogP contribution in [-0.2, 0) is 22.3 Å². The number of nitrogens with one attached hydrogen (secondary N) is 1. The van der Waals surface area contributed by atoms with Crippen LogP contribution in [0.2, 0.25) is 5.02 Å². The van der Waals surface area contributed by atoms with Crippen molar-refractivity contribution in [2.45, 2.75) is 64.2 Å². The molecule has 1 aliphatic carbocycles. The van der Waals surface area contributed by atoms with Crippen molar-refractivity contribution in [1.82, 2.24) is 4.90 Å². The van der Waals surface area contributed by atoms with Crippen LogP contribution in [0.1, 0.15) is 56.6 Å². The first kappa shape index (κ1) is 26.3. The van der Waals surface area contributed by atoms with E-state index >= 15 is 0 Å². The monoisotopic (exact) mass is 521 g/mol. The predicted octanol–water partition coefficient (Wildman–Crippen LogP) is 6.51. The van der Waals surface area contributed by atoms with E-state index in [0.717, 1.165) is 55.5 Å². The zero-order valence-electron chi connectivity index (χ0n) is 20.3. The molecule has 9 heteroatoms. The van der Waals surface area contributed by atoms with Gasteiger partial charge in [-0.25, -0.2) is 0 Å². The molecule has 1 heterocycles. The van der Waals surface area contributed by atoms with Crippen LogP contribution in [0.3, 0.4) is 0 Å². The fourth-order valence-electron chi connectivity index (χ4n) is 4.67. The van der Waals surface area contributed by atoms with Crippen LogP contribution in [0, 0.1) is 5.92 Å². The molecular weight excluding hydrogens is 491 g/mol. The summed E-state index contributed by atoms with van der Waals surface area (Å²) >= 11 is 6.60. The van der Waals surface area contributed by atoms with Crippen LogP contribution in [-0.4, -0.2) is 35.8 Å². The molecular formula is C27H31ClF3N3O2. The highest BCUT2D eigenvalue weighted by Gasteiger charge is 2.39. The fraction of sp³-hybridized carbons (Fsp3) is 0.481. The summed E-state index contributed by atoms with van der Waals surface area (Å²) < 4.78 is 38.7. The number of anilines is 2. The Hall–Kier alpha value is -2.74. The molecule has 2 amide bonds. The standard InChI is InChI=1S/C27H31ClF3N3O2/c1-2-14-33(17-18-6-10-20(11-7-18)27(29,30)31)23-13-12-21(16-22(23)28)32-25(35)24-5-3-4-15-34(24)26(36)19-8-9-19/h6-7,10-13,16,19,24H,2-5,8-9,14-15,17H2,1H3,(H,32,35)/t24-/m1/s1. The van der Waals surface area contributed by atoms with Crippen molar-refractivity contribution < 1.29 is 22.8 Å². The van der Waals surface area contributed by atoms with E-state index in [1.54, 1.807) is 17.0 Å². The molecule has 0 unspecified atom stereocenters. The lowest BCUT2D eigenvalue weighted by atomic mass is 10.0. The maximum Gasteiger partial charge on any atom is 0.416 e. The number of piperidine rings is 1. The third kappa shape index (κ3) is 6.33. The highest BCUT2D eigenvalue weighted by Crippen LogP contribution is 2.35. The van der Waals surface area contributed by atoms with E-state index in [4.69, 9.17) is 11.6 Å². The fourth-order valence-corrected chi connectivity index (χ4v) is 4.97. The molecule has 2 aromatic carbocycles. The van der Waals surface area contributed by atoms with Gasteiger partial charge >= 0.3 is 6.18 Å².